The van der Waals surface area contributed by atoms with Crippen LogP contribution in [0.25, 0.3) is 0 Å². The van der Waals surface area contributed by atoms with Crippen LogP contribution in [0.1, 0.15) is 17.0 Å². The summed E-state index contributed by atoms with van der Waals surface area (Å²) in [5.41, 5.74) is 7.97. The highest BCUT2D eigenvalue weighted by molar-refractivity contribution is 5.77. The third-order valence-electron chi connectivity index (χ3n) is 3.24. The molecule has 0 saturated heterocycles. The van der Waals surface area contributed by atoms with E-state index >= 15 is 0 Å². The van der Waals surface area contributed by atoms with Gasteiger partial charge in [-0.25, -0.2) is 0 Å². The number of hydrogen-bond acceptors (Lipinski definition) is 5. The zero-order valence-electron chi connectivity index (χ0n) is 12.4. The van der Waals surface area contributed by atoms with Crippen molar-refractivity contribution in [2.24, 2.45) is 0 Å². The molecule has 0 atom stereocenters. The van der Waals surface area contributed by atoms with E-state index < -0.39 is 0 Å². The predicted molar refractivity (Wildman–Crippen MR) is 78.8 cm³/mol. The largest absolute Gasteiger partial charge is 0.484 e. The second-order valence-electron chi connectivity index (χ2n) is 4.91. The lowest BCUT2D eigenvalue weighted by atomic mass is 10.2. The second kappa shape index (κ2) is 6.30. The predicted octanol–water partition coefficient (Wildman–Crippen LogP) is 1.91. The lowest BCUT2D eigenvalue weighted by Crippen LogP contribution is -2.31. The smallest absolute Gasteiger partial charge is 0.260 e. The van der Waals surface area contributed by atoms with Crippen LogP contribution in [-0.2, 0) is 11.3 Å². The van der Waals surface area contributed by atoms with Gasteiger partial charge in [-0.05, 0) is 38.1 Å². The van der Waals surface area contributed by atoms with Gasteiger partial charge in [0.25, 0.3) is 5.91 Å². The first kappa shape index (κ1) is 14.9. The van der Waals surface area contributed by atoms with Crippen molar-refractivity contribution in [1.82, 2.24) is 10.1 Å². The molecular formula is C15H19N3O3. The van der Waals surface area contributed by atoms with Crippen molar-refractivity contribution in [3.8, 4) is 5.75 Å². The number of aryl methyl sites for hydroxylation is 2. The highest BCUT2D eigenvalue weighted by atomic mass is 16.5. The van der Waals surface area contributed by atoms with Crippen LogP contribution in [0.2, 0.25) is 0 Å². The van der Waals surface area contributed by atoms with Gasteiger partial charge in [0.2, 0.25) is 0 Å². The third kappa shape index (κ3) is 3.75. The zero-order chi connectivity index (χ0) is 15.4. The van der Waals surface area contributed by atoms with Gasteiger partial charge in [0, 0.05) is 18.3 Å². The Labute approximate surface area is 123 Å². The molecule has 2 rings (SSSR count). The maximum Gasteiger partial charge on any atom is 0.260 e. The number of amides is 1. The molecule has 0 fully saturated rings. The lowest BCUT2D eigenvalue weighted by molar-refractivity contribution is -0.132. The molecule has 6 heteroatoms. The summed E-state index contributed by atoms with van der Waals surface area (Å²) in [6, 6.07) is 6.93. The summed E-state index contributed by atoms with van der Waals surface area (Å²) >= 11 is 0. The summed E-state index contributed by atoms with van der Waals surface area (Å²) < 4.78 is 10.5. The number of aromatic nitrogens is 1. The van der Waals surface area contributed by atoms with E-state index in [4.69, 9.17) is 15.0 Å². The Morgan fingerprint density at radius 2 is 2.00 bits per heavy atom. The van der Waals surface area contributed by atoms with E-state index in [9.17, 15) is 4.79 Å². The summed E-state index contributed by atoms with van der Waals surface area (Å²) in [6.45, 7) is 4.11. The van der Waals surface area contributed by atoms with Crippen molar-refractivity contribution in [1.29, 1.82) is 0 Å². The molecule has 0 radical (unpaired) electrons. The molecule has 0 aliphatic rings. The maximum absolute atomic E-state index is 12.1. The van der Waals surface area contributed by atoms with Gasteiger partial charge in [0.05, 0.1) is 12.2 Å². The summed E-state index contributed by atoms with van der Waals surface area (Å²) in [5, 5.41) is 3.87. The molecule has 1 aromatic carbocycles. The molecule has 6 nitrogen and oxygen atoms in total. The number of likely N-dealkylation sites (N-methyl/N-ethyl adjacent to an activating group) is 1. The molecule has 0 saturated carbocycles. The van der Waals surface area contributed by atoms with Crippen LogP contribution < -0.4 is 10.5 Å². The molecule has 1 heterocycles. The number of anilines is 1. The van der Waals surface area contributed by atoms with Crippen molar-refractivity contribution >= 4 is 11.6 Å². The summed E-state index contributed by atoms with van der Waals surface area (Å²) in [6.07, 6.45) is 0. The topological polar surface area (TPSA) is 81.6 Å². The Balaban J connectivity index is 1.89. The molecule has 21 heavy (non-hydrogen) atoms. The SMILES string of the molecule is Cc1noc(C)c1CN(C)C(=O)COc1ccc(N)cc1. The van der Waals surface area contributed by atoms with Crippen molar-refractivity contribution in [2.75, 3.05) is 19.4 Å². The van der Waals surface area contributed by atoms with Gasteiger partial charge in [-0.1, -0.05) is 5.16 Å². The van der Waals surface area contributed by atoms with Gasteiger partial charge in [0.1, 0.15) is 11.5 Å². The standard InChI is InChI=1S/C15H19N3O3/c1-10-14(11(2)21-17-10)8-18(3)15(19)9-20-13-6-4-12(16)5-7-13/h4-7H,8-9,16H2,1-3H3. The quantitative estimate of drug-likeness (QED) is 0.850. The van der Waals surface area contributed by atoms with E-state index in [1.165, 1.54) is 0 Å². The van der Waals surface area contributed by atoms with Gasteiger partial charge < -0.3 is 19.9 Å². The van der Waals surface area contributed by atoms with Crippen LogP contribution in [0.5, 0.6) is 5.75 Å². The van der Waals surface area contributed by atoms with E-state index in [2.05, 4.69) is 5.16 Å². The van der Waals surface area contributed by atoms with Crippen LogP contribution in [0.3, 0.4) is 0 Å². The van der Waals surface area contributed by atoms with E-state index in [0.717, 1.165) is 17.0 Å². The van der Waals surface area contributed by atoms with E-state index in [-0.39, 0.29) is 12.5 Å². The van der Waals surface area contributed by atoms with Gasteiger partial charge >= 0.3 is 0 Å². The fourth-order valence-electron chi connectivity index (χ4n) is 1.87. The molecule has 0 aliphatic carbocycles. The van der Waals surface area contributed by atoms with Crippen molar-refractivity contribution < 1.29 is 14.1 Å². The van der Waals surface area contributed by atoms with Crippen LogP contribution >= 0.6 is 0 Å². The Morgan fingerprint density at radius 3 is 2.57 bits per heavy atom. The number of nitrogens with two attached hydrogens (primary N) is 1. The number of rotatable bonds is 5. The Hall–Kier alpha value is -2.50. The summed E-state index contributed by atoms with van der Waals surface area (Å²) in [4.78, 5) is 13.6. The Bertz CT molecular complexity index is 600. The number of carbonyl (C=O) groups is 1. The maximum atomic E-state index is 12.1. The molecule has 0 aliphatic heterocycles. The average Bonchev–Trinajstić information content (AvgIpc) is 2.78. The number of nitrogen functional groups attached to an aromatic ring is 1. The Morgan fingerprint density at radius 1 is 1.33 bits per heavy atom. The molecule has 0 unspecified atom stereocenters. The fraction of sp³-hybridized carbons (Fsp3) is 0.333. The molecule has 2 N–H and O–H groups in total. The van der Waals surface area contributed by atoms with Gasteiger partial charge in [-0.2, -0.15) is 0 Å². The van der Waals surface area contributed by atoms with E-state index in [1.807, 2.05) is 13.8 Å². The summed E-state index contributed by atoms with van der Waals surface area (Å²) in [5.74, 6) is 1.22. The minimum atomic E-state index is -0.119. The van der Waals surface area contributed by atoms with E-state index in [0.29, 0.717) is 18.0 Å². The first-order valence-corrected chi connectivity index (χ1v) is 6.61. The Kier molecular flexibility index (Phi) is 4.47. The molecule has 2 aromatic rings. The molecule has 1 aromatic heterocycles. The van der Waals surface area contributed by atoms with Crippen molar-refractivity contribution in [3.05, 3.63) is 41.3 Å². The monoisotopic (exact) mass is 289 g/mol. The number of hydrogen-bond donors (Lipinski definition) is 1. The number of carbonyl (C=O) groups excluding carboxylic acids is 1. The molecule has 0 bridgehead atoms. The van der Waals surface area contributed by atoms with Crippen LogP contribution in [0.4, 0.5) is 5.69 Å². The van der Waals surface area contributed by atoms with E-state index in [1.54, 1.807) is 36.2 Å². The van der Waals surface area contributed by atoms with Crippen molar-refractivity contribution in [2.45, 2.75) is 20.4 Å². The fourth-order valence-corrected chi connectivity index (χ4v) is 1.87. The number of ether oxygens (including phenoxy) is 1. The minimum absolute atomic E-state index is 0.0240. The van der Waals surface area contributed by atoms with Crippen LogP contribution in [0, 0.1) is 13.8 Å². The van der Waals surface area contributed by atoms with Gasteiger partial charge in [-0.3, -0.25) is 4.79 Å². The number of benzene rings is 1. The molecule has 0 spiro atoms. The summed E-state index contributed by atoms with van der Waals surface area (Å²) in [7, 11) is 1.72. The minimum Gasteiger partial charge on any atom is -0.484 e. The van der Waals surface area contributed by atoms with Gasteiger partial charge in [0.15, 0.2) is 6.61 Å². The highest BCUT2D eigenvalue weighted by Crippen LogP contribution is 2.15. The lowest BCUT2D eigenvalue weighted by Gasteiger charge is -2.17. The zero-order valence-corrected chi connectivity index (χ0v) is 12.4. The third-order valence-corrected chi connectivity index (χ3v) is 3.24. The van der Waals surface area contributed by atoms with Crippen molar-refractivity contribution in [3.63, 3.8) is 0 Å². The molecular weight excluding hydrogens is 270 g/mol. The van der Waals surface area contributed by atoms with Gasteiger partial charge in [-0.15, -0.1) is 0 Å². The normalized spacial score (nSPS) is 10.4. The second-order valence-corrected chi connectivity index (χ2v) is 4.91. The average molecular weight is 289 g/mol. The number of nitrogens with zero attached hydrogens (tertiary/aromatic N) is 2. The molecule has 1 amide bonds. The first-order chi connectivity index (χ1) is 9.97. The van der Waals surface area contributed by atoms with Crippen LogP contribution in [0.15, 0.2) is 28.8 Å². The van der Waals surface area contributed by atoms with Crippen LogP contribution in [-0.4, -0.2) is 29.6 Å². The first-order valence-electron chi connectivity index (χ1n) is 6.61. The highest BCUT2D eigenvalue weighted by Gasteiger charge is 2.15. The molecule has 112 valence electrons.